The molecule has 0 unspecified atom stereocenters. The number of nitrogens with one attached hydrogen (secondary N) is 2. The number of carbonyl (C=O) groups excluding carboxylic acids is 1. The third-order valence-electron chi connectivity index (χ3n) is 4.26. The van der Waals surface area contributed by atoms with Crippen molar-refractivity contribution in [3.05, 3.63) is 86.2 Å². The first-order valence-corrected chi connectivity index (χ1v) is 8.87. The largest absolute Gasteiger partial charge is 0.494 e. The number of anilines is 1. The minimum Gasteiger partial charge on any atom is -0.494 e. The van der Waals surface area contributed by atoms with Crippen LogP contribution in [-0.4, -0.2) is 22.1 Å². The van der Waals surface area contributed by atoms with Crippen LogP contribution in [0.2, 0.25) is 0 Å². The van der Waals surface area contributed by atoms with E-state index in [9.17, 15) is 14.4 Å². The molecule has 0 aliphatic carbocycles. The fraction of sp³-hybridized carbons (Fsp3) is 0.190. The highest BCUT2D eigenvalue weighted by atomic mass is 16.5. The van der Waals surface area contributed by atoms with Crippen LogP contribution in [0.25, 0.3) is 5.69 Å². The van der Waals surface area contributed by atoms with Crippen LogP contribution in [0.3, 0.4) is 0 Å². The number of hydrogen-bond donors (Lipinski definition) is 2. The minimum absolute atomic E-state index is 0.159. The summed E-state index contributed by atoms with van der Waals surface area (Å²) in [4.78, 5) is 40.1. The fourth-order valence-electron chi connectivity index (χ4n) is 2.87. The van der Waals surface area contributed by atoms with Gasteiger partial charge in [-0.1, -0.05) is 17.7 Å². The molecule has 2 N–H and O–H groups in total. The lowest BCUT2D eigenvalue weighted by molar-refractivity contribution is 0.102. The van der Waals surface area contributed by atoms with Gasteiger partial charge in [0.2, 0.25) is 0 Å². The molecule has 0 aliphatic rings. The second kappa shape index (κ2) is 7.96. The highest BCUT2D eigenvalue weighted by molar-refractivity contribution is 6.04. The van der Waals surface area contributed by atoms with E-state index in [4.69, 9.17) is 4.74 Å². The maximum Gasteiger partial charge on any atom is 0.333 e. The highest BCUT2D eigenvalue weighted by Gasteiger charge is 2.16. The van der Waals surface area contributed by atoms with Gasteiger partial charge in [-0.3, -0.25) is 9.59 Å². The van der Waals surface area contributed by atoms with Crippen LogP contribution in [0, 0.1) is 13.8 Å². The van der Waals surface area contributed by atoms with E-state index in [0.29, 0.717) is 23.7 Å². The van der Waals surface area contributed by atoms with Crippen molar-refractivity contribution in [3.8, 4) is 11.4 Å². The molecule has 28 heavy (non-hydrogen) atoms. The number of rotatable bonds is 5. The fourth-order valence-corrected chi connectivity index (χ4v) is 2.87. The number of aromatic nitrogens is 2. The van der Waals surface area contributed by atoms with Crippen LogP contribution in [0.4, 0.5) is 5.69 Å². The Morgan fingerprint density at radius 1 is 1.11 bits per heavy atom. The smallest absolute Gasteiger partial charge is 0.333 e. The molecule has 1 heterocycles. The van der Waals surface area contributed by atoms with Gasteiger partial charge in [0.15, 0.2) is 0 Å². The summed E-state index contributed by atoms with van der Waals surface area (Å²) in [6, 6.07) is 12.1. The lowest BCUT2D eigenvalue weighted by atomic mass is 10.1. The van der Waals surface area contributed by atoms with Crippen molar-refractivity contribution in [1.29, 1.82) is 0 Å². The lowest BCUT2D eigenvalue weighted by Gasteiger charge is -2.11. The van der Waals surface area contributed by atoms with Gasteiger partial charge in [-0.2, -0.15) is 0 Å². The van der Waals surface area contributed by atoms with Crippen LogP contribution >= 0.6 is 0 Å². The molecule has 0 saturated carbocycles. The number of aromatic amines is 1. The lowest BCUT2D eigenvalue weighted by Crippen LogP contribution is -2.38. The Kier molecular flexibility index (Phi) is 5.44. The van der Waals surface area contributed by atoms with Gasteiger partial charge in [-0.25, -0.2) is 9.36 Å². The Morgan fingerprint density at radius 3 is 2.46 bits per heavy atom. The van der Waals surface area contributed by atoms with E-state index >= 15 is 0 Å². The Hall–Kier alpha value is -3.61. The van der Waals surface area contributed by atoms with E-state index < -0.39 is 17.2 Å². The molecular formula is C21H21N3O4. The Labute approximate surface area is 161 Å². The average Bonchev–Trinajstić information content (AvgIpc) is 2.65. The molecule has 0 spiro atoms. The Bertz CT molecular complexity index is 1130. The first kappa shape index (κ1) is 19.2. The molecule has 0 bridgehead atoms. The summed E-state index contributed by atoms with van der Waals surface area (Å²) in [5, 5.41) is 2.72. The Balaban J connectivity index is 1.97. The maximum atomic E-state index is 12.8. The number of nitrogens with zero attached hydrogens (tertiary/aromatic N) is 1. The summed E-state index contributed by atoms with van der Waals surface area (Å²) >= 11 is 0. The zero-order valence-electron chi connectivity index (χ0n) is 15.9. The van der Waals surface area contributed by atoms with Crippen molar-refractivity contribution in [2.24, 2.45) is 0 Å². The molecule has 0 fully saturated rings. The molecule has 7 heteroatoms. The molecule has 0 radical (unpaired) electrons. The number of aryl methyl sites for hydroxylation is 2. The van der Waals surface area contributed by atoms with Gasteiger partial charge in [0.1, 0.15) is 11.3 Å². The number of H-pyrrole nitrogens is 1. The van der Waals surface area contributed by atoms with Gasteiger partial charge in [0.05, 0.1) is 12.3 Å². The van der Waals surface area contributed by atoms with E-state index in [-0.39, 0.29) is 5.56 Å². The van der Waals surface area contributed by atoms with Crippen molar-refractivity contribution < 1.29 is 9.53 Å². The summed E-state index contributed by atoms with van der Waals surface area (Å²) in [6.07, 6.45) is 1.13. The summed E-state index contributed by atoms with van der Waals surface area (Å²) < 4.78 is 6.29. The van der Waals surface area contributed by atoms with E-state index in [0.717, 1.165) is 21.9 Å². The summed E-state index contributed by atoms with van der Waals surface area (Å²) in [5.41, 5.74) is 1.41. The third kappa shape index (κ3) is 3.88. The van der Waals surface area contributed by atoms with Gasteiger partial charge >= 0.3 is 5.69 Å². The van der Waals surface area contributed by atoms with E-state index in [1.54, 1.807) is 30.3 Å². The van der Waals surface area contributed by atoms with Crippen molar-refractivity contribution in [2.45, 2.75) is 20.8 Å². The standard InChI is InChI=1S/C21H21N3O4/c1-4-28-16-8-6-15(7-9-16)24-20(26)17(12-22-21(24)27)19(25)23-18-10-5-13(2)11-14(18)3/h5-12H,4H2,1-3H3,(H,22,27)(H,23,25). The van der Waals surface area contributed by atoms with E-state index in [2.05, 4.69) is 10.3 Å². The first-order valence-electron chi connectivity index (χ1n) is 8.87. The van der Waals surface area contributed by atoms with Crippen LogP contribution in [-0.2, 0) is 0 Å². The zero-order valence-corrected chi connectivity index (χ0v) is 15.9. The molecule has 0 aliphatic heterocycles. The quantitative estimate of drug-likeness (QED) is 0.713. The van der Waals surface area contributed by atoms with Gasteiger partial charge in [-0.15, -0.1) is 0 Å². The molecular weight excluding hydrogens is 358 g/mol. The summed E-state index contributed by atoms with van der Waals surface area (Å²) in [7, 11) is 0. The normalized spacial score (nSPS) is 10.5. The van der Waals surface area contributed by atoms with Crippen molar-refractivity contribution in [2.75, 3.05) is 11.9 Å². The molecule has 3 rings (SSSR count). The highest BCUT2D eigenvalue weighted by Crippen LogP contribution is 2.17. The monoisotopic (exact) mass is 379 g/mol. The molecule has 0 saturated heterocycles. The minimum atomic E-state index is -0.699. The van der Waals surface area contributed by atoms with Gasteiger partial charge < -0.3 is 15.0 Å². The average molecular weight is 379 g/mol. The molecule has 1 aromatic heterocycles. The van der Waals surface area contributed by atoms with Crippen LogP contribution in [0.1, 0.15) is 28.4 Å². The van der Waals surface area contributed by atoms with Crippen LogP contribution in [0.5, 0.6) is 5.75 Å². The number of benzene rings is 2. The third-order valence-corrected chi connectivity index (χ3v) is 4.26. The second-order valence-corrected chi connectivity index (χ2v) is 6.35. The number of carbonyl (C=O) groups is 1. The van der Waals surface area contributed by atoms with E-state index in [1.165, 1.54) is 0 Å². The maximum absolute atomic E-state index is 12.8. The van der Waals surface area contributed by atoms with Gasteiger partial charge in [-0.05, 0) is 56.7 Å². The van der Waals surface area contributed by atoms with Crippen molar-refractivity contribution in [3.63, 3.8) is 0 Å². The zero-order chi connectivity index (χ0) is 20.3. The van der Waals surface area contributed by atoms with Gasteiger partial charge in [0, 0.05) is 11.9 Å². The predicted molar refractivity (Wildman–Crippen MR) is 108 cm³/mol. The SMILES string of the molecule is CCOc1ccc(-n2c(=O)[nH]cc(C(=O)Nc3ccc(C)cc3C)c2=O)cc1. The summed E-state index contributed by atoms with van der Waals surface area (Å²) in [5.74, 6) is 0.0346. The molecule has 3 aromatic rings. The Morgan fingerprint density at radius 2 is 1.82 bits per heavy atom. The molecule has 1 amide bonds. The van der Waals surface area contributed by atoms with E-state index in [1.807, 2.05) is 32.9 Å². The summed E-state index contributed by atoms with van der Waals surface area (Å²) in [6.45, 7) is 6.19. The van der Waals surface area contributed by atoms with Crippen molar-refractivity contribution >= 4 is 11.6 Å². The second-order valence-electron chi connectivity index (χ2n) is 6.35. The predicted octanol–water partition coefficient (Wildman–Crippen LogP) is 2.79. The van der Waals surface area contributed by atoms with Crippen LogP contribution in [0.15, 0.2) is 58.3 Å². The molecule has 7 nitrogen and oxygen atoms in total. The first-order chi connectivity index (χ1) is 13.4. The molecule has 2 aromatic carbocycles. The topological polar surface area (TPSA) is 93.2 Å². The van der Waals surface area contributed by atoms with Gasteiger partial charge in [0.25, 0.3) is 11.5 Å². The number of hydrogen-bond acceptors (Lipinski definition) is 4. The molecule has 144 valence electrons. The molecule has 0 atom stereocenters. The number of ether oxygens (including phenoxy) is 1. The van der Waals surface area contributed by atoms with Crippen LogP contribution < -0.4 is 21.3 Å². The number of amides is 1. The van der Waals surface area contributed by atoms with Crippen molar-refractivity contribution in [1.82, 2.24) is 9.55 Å².